The normalized spacial score (nSPS) is 12.3. The number of rotatable bonds is 3. The summed E-state index contributed by atoms with van der Waals surface area (Å²) in [5, 5.41) is 5.03. The molecule has 1 aromatic heterocycles. The van der Waals surface area contributed by atoms with Crippen LogP contribution in [0.15, 0.2) is 54.7 Å². The number of nitrogens with one attached hydrogen (secondary N) is 1. The van der Waals surface area contributed by atoms with Gasteiger partial charge in [0.05, 0.1) is 10.5 Å². The Balaban J connectivity index is 1.95. The molecule has 0 radical (unpaired) electrons. The Labute approximate surface area is 127 Å². The second kappa shape index (κ2) is 5.70. The van der Waals surface area contributed by atoms with Crippen molar-refractivity contribution in [3.8, 4) is 0 Å². The van der Waals surface area contributed by atoms with Crippen LogP contribution in [0.5, 0.6) is 0 Å². The minimum Gasteiger partial charge on any atom is -0.378 e. The van der Waals surface area contributed by atoms with E-state index in [9.17, 15) is 4.39 Å². The van der Waals surface area contributed by atoms with Gasteiger partial charge >= 0.3 is 0 Å². The average Bonchev–Trinajstić information content (AvgIpc) is 2.51. The number of hydrogen-bond donors (Lipinski definition) is 1. The van der Waals surface area contributed by atoms with Crippen LogP contribution in [0.2, 0.25) is 5.02 Å². The SMILES string of the molecule is CC(Nc1ccc(Cl)c2ncccc12)c1ccc(F)cc1. The van der Waals surface area contributed by atoms with E-state index < -0.39 is 0 Å². The summed E-state index contributed by atoms with van der Waals surface area (Å²) < 4.78 is 13.0. The molecule has 4 heteroatoms. The molecule has 0 bridgehead atoms. The minimum atomic E-state index is -0.230. The van der Waals surface area contributed by atoms with Crippen LogP contribution in [0.3, 0.4) is 0 Å². The van der Waals surface area contributed by atoms with Crippen LogP contribution in [-0.2, 0) is 0 Å². The molecule has 1 N–H and O–H groups in total. The molecule has 0 amide bonds. The van der Waals surface area contributed by atoms with Crippen LogP contribution in [0.1, 0.15) is 18.5 Å². The Morgan fingerprint density at radius 2 is 1.86 bits per heavy atom. The summed E-state index contributed by atoms with van der Waals surface area (Å²) in [6, 6.07) is 14.2. The van der Waals surface area contributed by atoms with Gasteiger partial charge < -0.3 is 5.32 Å². The highest BCUT2D eigenvalue weighted by molar-refractivity contribution is 6.35. The summed E-state index contributed by atoms with van der Waals surface area (Å²) in [5.74, 6) is -0.230. The highest BCUT2D eigenvalue weighted by Crippen LogP contribution is 2.30. The largest absolute Gasteiger partial charge is 0.378 e. The van der Waals surface area contributed by atoms with Gasteiger partial charge in [-0.1, -0.05) is 23.7 Å². The van der Waals surface area contributed by atoms with E-state index in [1.165, 1.54) is 12.1 Å². The maximum Gasteiger partial charge on any atom is 0.123 e. The summed E-state index contributed by atoms with van der Waals surface area (Å²) >= 11 is 6.17. The number of aromatic nitrogens is 1. The molecule has 0 saturated carbocycles. The molecule has 21 heavy (non-hydrogen) atoms. The Kier molecular flexibility index (Phi) is 3.76. The van der Waals surface area contributed by atoms with Gasteiger partial charge in [0, 0.05) is 23.3 Å². The molecular weight excluding hydrogens is 287 g/mol. The maximum absolute atomic E-state index is 13.0. The maximum atomic E-state index is 13.0. The first-order valence-electron chi connectivity index (χ1n) is 6.70. The lowest BCUT2D eigenvalue weighted by Gasteiger charge is -2.17. The molecule has 1 heterocycles. The van der Waals surface area contributed by atoms with Crippen molar-refractivity contribution in [1.29, 1.82) is 0 Å². The molecular formula is C17H14ClFN2. The summed E-state index contributed by atoms with van der Waals surface area (Å²) in [6.07, 6.45) is 1.72. The minimum absolute atomic E-state index is 0.0511. The second-order valence-electron chi connectivity index (χ2n) is 4.91. The lowest BCUT2D eigenvalue weighted by atomic mass is 10.1. The van der Waals surface area contributed by atoms with E-state index >= 15 is 0 Å². The lowest BCUT2D eigenvalue weighted by molar-refractivity contribution is 0.626. The zero-order chi connectivity index (χ0) is 14.8. The van der Waals surface area contributed by atoms with Crippen molar-refractivity contribution in [3.63, 3.8) is 0 Å². The molecule has 106 valence electrons. The zero-order valence-corrected chi connectivity index (χ0v) is 12.2. The van der Waals surface area contributed by atoms with Gasteiger partial charge in [0.1, 0.15) is 5.82 Å². The Hall–Kier alpha value is -2.13. The topological polar surface area (TPSA) is 24.9 Å². The number of nitrogens with zero attached hydrogens (tertiary/aromatic N) is 1. The van der Waals surface area contributed by atoms with Crippen LogP contribution in [-0.4, -0.2) is 4.98 Å². The van der Waals surface area contributed by atoms with Gasteiger partial charge in [-0.05, 0) is 48.9 Å². The fraction of sp³-hybridized carbons (Fsp3) is 0.118. The van der Waals surface area contributed by atoms with Crippen molar-refractivity contribution in [2.45, 2.75) is 13.0 Å². The fourth-order valence-corrected chi connectivity index (χ4v) is 2.55. The number of halogens is 2. The molecule has 0 aliphatic rings. The van der Waals surface area contributed by atoms with Gasteiger partial charge in [-0.3, -0.25) is 4.98 Å². The first-order chi connectivity index (χ1) is 10.1. The number of fused-ring (bicyclic) bond motifs is 1. The Morgan fingerprint density at radius 1 is 1.10 bits per heavy atom. The van der Waals surface area contributed by atoms with E-state index in [-0.39, 0.29) is 11.9 Å². The predicted molar refractivity (Wildman–Crippen MR) is 85.2 cm³/mol. The van der Waals surface area contributed by atoms with Gasteiger partial charge in [0.15, 0.2) is 0 Å². The summed E-state index contributed by atoms with van der Waals surface area (Å²) in [5.41, 5.74) is 2.75. The van der Waals surface area contributed by atoms with Crippen molar-refractivity contribution in [3.05, 3.63) is 71.1 Å². The van der Waals surface area contributed by atoms with E-state index in [1.807, 2.05) is 31.2 Å². The summed E-state index contributed by atoms with van der Waals surface area (Å²) in [4.78, 5) is 4.31. The van der Waals surface area contributed by atoms with Crippen molar-refractivity contribution < 1.29 is 4.39 Å². The molecule has 0 aliphatic carbocycles. The molecule has 0 fully saturated rings. The molecule has 2 aromatic carbocycles. The molecule has 3 rings (SSSR count). The first kappa shape index (κ1) is 13.8. The smallest absolute Gasteiger partial charge is 0.123 e. The number of benzene rings is 2. The number of hydrogen-bond acceptors (Lipinski definition) is 2. The van der Waals surface area contributed by atoms with E-state index in [0.717, 1.165) is 22.2 Å². The van der Waals surface area contributed by atoms with Gasteiger partial charge in [-0.15, -0.1) is 0 Å². The van der Waals surface area contributed by atoms with Crippen molar-refractivity contribution >= 4 is 28.2 Å². The summed E-state index contributed by atoms with van der Waals surface area (Å²) in [7, 11) is 0. The quantitative estimate of drug-likeness (QED) is 0.719. The van der Waals surface area contributed by atoms with Gasteiger partial charge in [-0.25, -0.2) is 4.39 Å². The average molecular weight is 301 g/mol. The van der Waals surface area contributed by atoms with E-state index in [0.29, 0.717) is 5.02 Å². The molecule has 1 unspecified atom stereocenters. The molecule has 3 aromatic rings. The standard InChI is InChI=1S/C17H14ClFN2/c1-11(12-4-6-13(19)7-5-12)21-16-9-8-15(18)17-14(16)3-2-10-20-17/h2-11,21H,1H3. The predicted octanol–water partition coefficient (Wildman–Crippen LogP) is 5.20. The van der Waals surface area contributed by atoms with Crippen LogP contribution < -0.4 is 5.32 Å². The second-order valence-corrected chi connectivity index (χ2v) is 5.32. The lowest BCUT2D eigenvalue weighted by Crippen LogP contribution is -2.07. The van der Waals surface area contributed by atoms with Gasteiger partial charge in [0.2, 0.25) is 0 Å². The highest BCUT2D eigenvalue weighted by atomic mass is 35.5. The number of anilines is 1. The van der Waals surface area contributed by atoms with Crippen molar-refractivity contribution in [1.82, 2.24) is 4.98 Å². The van der Waals surface area contributed by atoms with Crippen molar-refractivity contribution in [2.24, 2.45) is 0 Å². The zero-order valence-electron chi connectivity index (χ0n) is 11.5. The monoisotopic (exact) mass is 300 g/mol. The number of pyridine rings is 1. The van der Waals surface area contributed by atoms with Crippen LogP contribution in [0.25, 0.3) is 10.9 Å². The van der Waals surface area contributed by atoms with E-state index in [2.05, 4.69) is 10.3 Å². The fourth-order valence-electron chi connectivity index (χ4n) is 2.33. The molecule has 2 nitrogen and oxygen atoms in total. The molecule has 1 atom stereocenters. The Bertz CT molecular complexity index is 771. The van der Waals surface area contributed by atoms with E-state index in [4.69, 9.17) is 11.6 Å². The van der Waals surface area contributed by atoms with E-state index in [1.54, 1.807) is 18.3 Å². The third-order valence-electron chi connectivity index (χ3n) is 3.46. The van der Waals surface area contributed by atoms with Crippen molar-refractivity contribution in [2.75, 3.05) is 5.32 Å². The van der Waals surface area contributed by atoms with Crippen LogP contribution in [0.4, 0.5) is 10.1 Å². The van der Waals surface area contributed by atoms with Gasteiger partial charge in [0.25, 0.3) is 0 Å². The van der Waals surface area contributed by atoms with Crippen LogP contribution >= 0.6 is 11.6 Å². The summed E-state index contributed by atoms with van der Waals surface area (Å²) in [6.45, 7) is 2.03. The molecule has 0 aliphatic heterocycles. The third-order valence-corrected chi connectivity index (χ3v) is 3.77. The highest BCUT2D eigenvalue weighted by Gasteiger charge is 2.09. The molecule has 0 spiro atoms. The van der Waals surface area contributed by atoms with Gasteiger partial charge in [-0.2, -0.15) is 0 Å². The third kappa shape index (κ3) is 2.83. The Morgan fingerprint density at radius 3 is 2.62 bits per heavy atom. The molecule has 0 saturated heterocycles. The first-order valence-corrected chi connectivity index (χ1v) is 7.08. The van der Waals surface area contributed by atoms with Crippen LogP contribution in [0, 0.1) is 5.82 Å².